The molecule has 0 aliphatic carbocycles. The van der Waals surface area contributed by atoms with E-state index in [-0.39, 0.29) is 11.4 Å². The first-order valence-corrected chi connectivity index (χ1v) is 5.49. The Morgan fingerprint density at radius 3 is 2.67 bits per heavy atom. The maximum absolute atomic E-state index is 11.3. The molecule has 1 aliphatic rings. The molecule has 0 aromatic rings. The van der Waals surface area contributed by atoms with Crippen molar-refractivity contribution in [1.82, 2.24) is 4.72 Å². The zero-order chi connectivity index (χ0) is 9.35. The van der Waals surface area contributed by atoms with E-state index in [1.807, 2.05) is 0 Å². The summed E-state index contributed by atoms with van der Waals surface area (Å²) >= 11 is 0. The third-order valence-corrected chi connectivity index (χ3v) is 2.76. The Hall–Kier alpha value is -0.810. The number of carbonyl (C=O) groups is 1. The SMILES string of the molecule is C[C@H](O)C1=CNS(C)(=O)=CC1=O. The van der Waals surface area contributed by atoms with E-state index in [0.717, 1.165) is 5.37 Å². The minimum absolute atomic E-state index is 0.246. The summed E-state index contributed by atoms with van der Waals surface area (Å²) in [7, 11) is -2.36. The molecule has 68 valence electrons. The lowest BCUT2D eigenvalue weighted by Gasteiger charge is -2.15. The van der Waals surface area contributed by atoms with Crippen molar-refractivity contribution in [1.29, 1.82) is 0 Å². The lowest BCUT2D eigenvalue weighted by Crippen LogP contribution is -2.31. The van der Waals surface area contributed by atoms with Crippen molar-refractivity contribution in [2.45, 2.75) is 13.0 Å². The molecule has 0 spiro atoms. The van der Waals surface area contributed by atoms with E-state index in [4.69, 9.17) is 5.11 Å². The minimum atomic E-state index is -2.36. The van der Waals surface area contributed by atoms with E-state index in [2.05, 4.69) is 4.72 Å². The van der Waals surface area contributed by atoms with Gasteiger partial charge in [-0.05, 0) is 6.92 Å². The molecule has 2 atom stereocenters. The molecule has 0 saturated carbocycles. The maximum Gasteiger partial charge on any atom is 0.195 e. The first kappa shape index (κ1) is 9.28. The molecule has 12 heavy (non-hydrogen) atoms. The Morgan fingerprint density at radius 2 is 2.25 bits per heavy atom. The molecule has 0 radical (unpaired) electrons. The van der Waals surface area contributed by atoms with E-state index >= 15 is 0 Å². The van der Waals surface area contributed by atoms with Gasteiger partial charge in [-0.2, -0.15) is 0 Å². The normalized spacial score (nSPS) is 31.6. The molecule has 5 heteroatoms. The molecule has 0 bridgehead atoms. The smallest absolute Gasteiger partial charge is 0.195 e. The van der Waals surface area contributed by atoms with Crippen LogP contribution in [-0.4, -0.2) is 32.8 Å². The molecule has 4 nitrogen and oxygen atoms in total. The van der Waals surface area contributed by atoms with Gasteiger partial charge in [0.15, 0.2) is 5.78 Å². The van der Waals surface area contributed by atoms with Crippen LogP contribution in [0.2, 0.25) is 0 Å². The van der Waals surface area contributed by atoms with E-state index in [1.165, 1.54) is 19.4 Å². The van der Waals surface area contributed by atoms with Gasteiger partial charge in [0.25, 0.3) is 0 Å². The van der Waals surface area contributed by atoms with Gasteiger partial charge in [-0.25, -0.2) is 4.21 Å². The van der Waals surface area contributed by atoms with Gasteiger partial charge in [0.2, 0.25) is 0 Å². The summed E-state index contributed by atoms with van der Waals surface area (Å²) in [5.74, 6) is -0.365. The lowest BCUT2D eigenvalue weighted by atomic mass is 10.1. The number of nitrogens with one attached hydrogen (secondary N) is 1. The van der Waals surface area contributed by atoms with Crippen LogP contribution in [0.5, 0.6) is 0 Å². The quantitative estimate of drug-likeness (QED) is 0.523. The summed E-state index contributed by atoms with van der Waals surface area (Å²) in [6, 6.07) is 0. The molecule has 1 heterocycles. The number of hydrogen-bond acceptors (Lipinski definition) is 3. The van der Waals surface area contributed by atoms with Crippen molar-refractivity contribution in [2.75, 3.05) is 6.26 Å². The van der Waals surface area contributed by atoms with E-state index in [0.29, 0.717) is 0 Å². The van der Waals surface area contributed by atoms with Crippen LogP contribution < -0.4 is 4.72 Å². The fourth-order valence-corrected chi connectivity index (χ4v) is 1.86. The van der Waals surface area contributed by atoms with Crippen molar-refractivity contribution >= 4 is 20.9 Å². The lowest BCUT2D eigenvalue weighted by molar-refractivity contribution is -0.110. The maximum atomic E-state index is 11.3. The number of rotatable bonds is 1. The van der Waals surface area contributed by atoms with Gasteiger partial charge in [0.05, 0.1) is 21.2 Å². The molecule has 0 amide bonds. The van der Waals surface area contributed by atoms with Crippen LogP contribution in [0.3, 0.4) is 0 Å². The Labute approximate surface area is 71.4 Å². The molecule has 0 fully saturated rings. The topological polar surface area (TPSA) is 66.4 Å². The van der Waals surface area contributed by atoms with Crippen molar-refractivity contribution in [2.24, 2.45) is 0 Å². The number of hydrogen-bond donors (Lipinski definition) is 2. The van der Waals surface area contributed by atoms with E-state index in [9.17, 15) is 9.00 Å². The van der Waals surface area contributed by atoms with E-state index < -0.39 is 15.8 Å². The summed E-state index contributed by atoms with van der Waals surface area (Å²) in [4.78, 5) is 11.1. The largest absolute Gasteiger partial charge is 0.389 e. The van der Waals surface area contributed by atoms with Gasteiger partial charge < -0.3 is 9.83 Å². The van der Waals surface area contributed by atoms with Gasteiger partial charge in [-0.1, -0.05) is 0 Å². The second-order valence-corrected chi connectivity index (χ2v) is 5.06. The fourth-order valence-electron chi connectivity index (χ4n) is 0.884. The molecule has 0 aromatic heterocycles. The van der Waals surface area contributed by atoms with Crippen molar-refractivity contribution in [3.8, 4) is 0 Å². The highest BCUT2D eigenvalue weighted by atomic mass is 32.2. The third-order valence-electron chi connectivity index (χ3n) is 1.51. The number of aliphatic hydroxyl groups excluding tert-OH is 1. The summed E-state index contributed by atoms with van der Waals surface area (Å²) in [6.45, 7) is 1.49. The molecule has 1 unspecified atom stereocenters. The van der Waals surface area contributed by atoms with Crippen LogP contribution in [0, 0.1) is 0 Å². The third kappa shape index (κ3) is 1.86. The van der Waals surface area contributed by atoms with Crippen LogP contribution in [0.1, 0.15) is 6.92 Å². The Kier molecular flexibility index (Phi) is 2.25. The van der Waals surface area contributed by atoms with Gasteiger partial charge >= 0.3 is 0 Å². The molecule has 2 N–H and O–H groups in total. The molecule has 0 aromatic carbocycles. The van der Waals surface area contributed by atoms with Gasteiger partial charge in [-0.3, -0.25) is 4.79 Å². The number of carbonyl (C=O) groups excluding carboxylic acids is 1. The van der Waals surface area contributed by atoms with Crippen molar-refractivity contribution in [3.05, 3.63) is 11.8 Å². The zero-order valence-corrected chi connectivity index (χ0v) is 7.72. The highest BCUT2D eigenvalue weighted by molar-refractivity contribution is 8.00. The predicted molar refractivity (Wildman–Crippen MR) is 48.0 cm³/mol. The number of ketones is 1. The van der Waals surface area contributed by atoms with Crippen LogP contribution >= 0.6 is 0 Å². The molecular weight excluding hydrogens is 178 g/mol. The summed E-state index contributed by atoms with van der Waals surface area (Å²) in [5, 5.41) is 10.2. The first-order valence-electron chi connectivity index (χ1n) is 3.46. The Morgan fingerprint density at radius 1 is 1.67 bits per heavy atom. The first-order chi connectivity index (χ1) is 5.42. The highest BCUT2D eigenvalue weighted by Crippen LogP contribution is 2.05. The minimum Gasteiger partial charge on any atom is -0.389 e. The number of aliphatic hydroxyl groups is 1. The summed E-state index contributed by atoms with van der Waals surface area (Å²) in [5.41, 5.74) is 0.246. The fraction of sp³-hybridized carbons (Fsp3) is 0.429. The van der Waals surface area contributed by atoms with E-state index in [1.54, 1.807) is 0 Å². The second kappa shape index (κ2) is 2.91. The predicted octanol–water partition coefficient (Wildman–Crippen LogP) is -0.945. The van der Waals surface area contributed by atoms with Crippen LogP contribution in [0.25, 0.3) is 0 Å². The monoisotopic (exact) mass is 189 g/mol. The Bertz CT molecular complexity index is 348. The highest BCUT2D eigenvalue weighted by Gasteiger charge is 2.18. The molecule has 1 aliphatic heterocycles. The molecular formula is C7H11NO3S. The van der Waals surface area contributed by atoms with Crippen LogP contribution in [0.15, 0.2) is 11.8 Å². The van der Waals surface area contributed by atoms with Gasteiger partial charge in [-0.15, -0.1) is 0 Å². The van der Waals surface area contributed by atoms with Crippen LogP contribution in [-0.2, 0) is 14.5 Å². The average Bonchev–Trinajstić information content (AvgIpc) is 1.83. The molecule has 0 saturated heterocycles. The average molecular weight is 189 g/mol. The van der Waals surface area contributed by atoms with Gasteiger partial charge in [0.1, 0.15) is 0 Å². The molecule has 1 rings (SSSR count). The number of Topliss-reactive ketones (excluding diaryl/α,β-unsaturated/α-hetero) is 1. The standard InChI is InChI=1S/C7H11NO3S/c1-5(9)6-3-8-12(2,11)4-7(6)10/h3-5,9H,1-2H3,(H,8,11)/t5-,12?/m0/s1. The van der Waals surface area contributed by atoms with Crippen molar-refractivity contribution in [3.63, 3.8) is 0 Å². The summed E-state index contributed by atoms with van der Waals surface area (Å²) < 4.78 is 13.8. The Balaban J connectivity index is 2.99. The summed E-state index contributed by atoms with van der Waals surface area (Å²) in [6.07, 6.45) is 1.92. The van der Waals surface area contributed by atoms with Gasteiger partial charge in [0, 0.05) is 18.0 Å². The van der Waals surface area contributed by atoms with Crippen LogP contribution in [0.4, 0.5) is 0 Å². The second-order valence-electron chi connectivity index (χ2n) is 2.78. The zero-order valence-electron chi connectivity index (χ0n) is 6.90. The van der Waals surface area contributed by atoms with Crippen molar-refractivity contribution < 1.29 is 14.1 Å².